The Bertz CT molecular complexity index is 1160. The lowest BCUT2D eigenvalue weighted by atomic mass is 9.59. The summed E-state index contributed by atoms with van der Waals surface area (Å²) in [5.41, 5.74) is 2.21. The van der Waals surface area contributed by atoms with Crippen LogP contribution in [0.15, 0.2) is 72.8 Å². The van der Waals surface area contributed by atoms with Crippen molar-refractivity contribution in [3.8, 4) is 0 Å². The van der Waals surface area contributed by atoms with Gasteiger partial charge in [-0.25, -0.2) is 0 Å². The van der Waals surface area contributed by atoms with Crippen molar-refractivity contribution in [2.45, 2.75) is 23.8 Å². The summed E-state index contributed by atoms with van der Waals surface area (Å²) in [5.74, 6) is -0.605. The second kappa shape index (κ2) is 7.15. The van der Waals surface area contributed by atoms with Crippen molar-refractivity contribution in [2.24, 2.45) is 0 Å². The minimum atomic E-state index is -1.03. The maximum absolute atomic E-state index is 13.7. The molecule has 2 amide bonds. The molecular formula is C24H18Cl2N2O2. The van der Waals surface area contributed by atoms with Crippen molar-refractivity contribution < 1.29 is 9.59 Å². The molecule has 5 rings (SSSR count). The summed E-state index contributed by atoms with van der Waals surface area (Å²) in [7, 11) is 0. The average molecular weight is 437 g/mol. The SMILES string of the molecule is O=C1CC(c2ccccc2)C2(C(=O)Nc3cc(Cl)ccc32)C(c2cccc(Cl)c2)N1. The van der Waals surface area contributed by atoms with Crippen LogP contribution < -0.4 is 10.6 Å². The van der Waals surface area contributed by atoms with E-state index in [9.17, 15) is 9.59 Å². The summed E-state index contributed by atoms with van der Waals surface area (Å²) >= 11 is 12.5. The molecule has 0 bridgehead atoms. The summed E-state index contributed by atoms with van der Waals surface area (Å²) in [5, 5.41) is 7.20. The smallest absolute Gasteiger partial charge is 0.238 e. The Hall–Kier alpha value is -2.82. The quantitative estimate of drug-likeness (QED) is 0.577. The second-order valence-corrected chi connectivity index (χ2v) is 8.61. The summed E-state index contributed by atoms with van der Waals surface area (Å²) in [4.78, 5) is 26.6. The van der Waals surface area contributed by atoms with Gasteiger partial charge in [-0.1, -0.05) is 71.7 Å². The molecule has 2 heterocycles. The number of amides is 2. The molecule has 150 valence electrons. The molecule has 3 atom stereocenters. The molecule has 3 aromatic carbocycles. The first-order valence-electron chi connectivity index (χ1n) is 9.71. The van der Waals surface area contributed by atoms with E-state index in [2.05, 4.69) is 10.6 Å². The van der Waals surface area contributed by atoms with Crippen LogP contribution in [-0.4, -0.2) is 11.8 Å². The van der Waals surface area contributed by atoms with Crippen molar-refractivity contribution in [3.63, 3.8) is 0 Å². The molecule has 4 nitrogen and oxygen atoms in total. The molecule has 0 radical (unpaired) electrons. The molecule has 3 aromatic rings. The van der Waals surface area contributed by atoms with Crippen molar-refractivity contribution in [1.82, 2.24) is 5.32 Å². The first-order valence-corrected chi connectivity index (χ1v) is 10.5. The third kappa shape index (κ3) is 2.83. The number of nitrogens with one attached hydrogen (secondary N) is 2. The molecule has 6 heteroatoms. The highest BCUT2D eigenvalue weighted by Crippen LogP contribution is 2.57. The molecule has 30 heavy (non-hydrogen) atoms. The molecule has 0 aromatic heterocycles. The average Bonchev–Trinajstić information content (AvgIpc) is 3.01. The van der Waals surface area contributed by atoms with Crippen LogP contribution in [0.2, 0.25) is 10.0 Å². The highest BCUT2D eigenvalue weighted by molar-refractivity contribution is 6.31. The van der Waals surface area contributed by atoms with E-state index in [1.807, 2.05) is 54.6 Å². The molecule has 1 fully saturated rings. The Balaban J connectivity index is 1.81. The molecule has 0 saturated carbocycles. The van der Waals surface area contributed by atoms with Crippen LogP contribution in [0.25, 0.3) is 0 Å². The van der Waals surface area contributed by atoms with Crippen LogP contribution in [0.3, 0.4) is 0 Å². The minimum Gasteiger partial charge on any atom is -0.348 e. The lowest BCUT2D eigenvalue weighted by molar-refractivity contribution is -0.131. The van der Waals surface area contributed by atoms with Crippen molar-refractivity contribution in [3.05, 3.63) is 99.5 Å². The van der Waals surface area contributed by atoms with Gasteiger partial charge in [-0.2, -0.15) is 0 Å². The molecule has 2 aliphatic rings. The van der Waals surface area contributed by atoms with Crippen LogP contribution in [0.5, 0.6) is 0 Å². The number of anilines is 1. The summed E-state index contributed by atoms with van der Waals surface area (Å²) in [6.07, 6.45) is 0.205. The fourth-order valence-electron chi connectivity index (χ4n) is 4.94. The Kier molecular flexibility index (Phi) is 4.57. The van der Waals surface area contributed by atoms with Crippen molar-refractivity contribution in [2.75, 3.05) is 5.32 Å². The van der Waals surface area contributed by atoms with E-state index in [0.717, 1.165) is 16.7 Å². The van der Waals surface area contributed by atoms with Gasteiger partial charge in [-0.3, -0.25) is 9.59 Å². The monoisotopic (exact) mass is 436 g/mol. The second-order valence-electron chi connectivity index (χ2n) is 7.74. The van der Waals surface area contributed by atoms with E-state index in [4.69, 9.17) is 23.2 Å². The van der Waals surface area contributed by atoms with Gasteiger partial charge in [-0.05, 0) is 41.0 Å². The van der Waals surface area contributed by atoms with Crippen LogP contribution in [-0.2, 0) is 15.0 Å². The maximum Gasteiger partial charge on any atom is 0.238 e. The lowest BCUT2D eigenvalue weighted by Crippen LogP contribution is -2.56. The van der Waals surface area contributed by atoms with E-state index in [1.165, 1.54) is 0 Å². The lowest BCUT2D eigenvalue weighted by Gasteiger charge is -2.46. The molecule has 2 N–H and O–H groups in total. The number of piperidine rings is 1. The van der Waals surface area contributed by atoms with E-state index in [0.29, 0.717) is 15.7 Å². The largest absolute Gasteiger partial charge is 0.348 e. The van der Waals surface area contributed by atoms with E-state index >= 15 is 0 Å². The predicted octanol–water partition coefficient (Wildman–Crippen LogP) is 5.23. The normalized spacial score (nSPS) is 25.0. The van der Waals surface area contributed by atoms with Crippen molar-refractivity contribution >= 4 is 40.7 Å². The van der Waals surface area contributed by atoms with E-state index in [1.54, 1.807) is 18.2 Å². The van der Waals surface area contributed by atoms with Gasteiger partial charge in [0.1, 0.15) is 5.41 Å². The van der Waals surface area contributed by atoms with Crippen LogP contribution >= 0.6 is 23.2 Å². The topological polar surface area (TPSA) is 58.2 Å². The standard InChI is InChI=1S/C24H18Cl2N2O2/c25-16-8-4-7-15(11-16)22-24(18-10-9-17(26)12-20(18)27-23(24)30)19(13-21(29)28-22)14-5-2-1-3-6-14/h1-12,19,22H,13H2,(H,27,30)(H,28,29). The van der Waals surface area contributed by atoms with Crippen LogP contribution in [0.1, 0.15) is 35.1 Å². The molecule has 1 saturated heterocycles. The van der Waals surface area contributed by atoms with Gasteiger partial charge in [0, 0.05) is 28.1 Å². The summed E-state index contributed by atoms with van der Waals surface area (Å²) in [6.45, 7) is 0. The highest BCUT2D eigenvalue weighted by Gasteiger charge is 2.61. The van der Waals surface area contributed by atoms with Gasteiger partial charge in [0.15, 0.2) is 0 Å². The zero-order valence-corrected chi connectivity index (χ0v) is 17.4. The number of benzene rings is 3. The van der Waals surface area contributed by atoms with Crippen LogP contribution in [0.4, 0.5) is 5.69 Å². The van der Waals surface area contributed by atoms with E-state index in [-0.39, 0.29) is 24.2 Å². The van der Waals surface area contributed by atoms with Gasteiger partial charge in [-0.15, -0.1) is 0 Å². The number of halogens is 2. The Morgan fingerprint density at radius 3 is 2.33 bits per heavy atom. The van der Waals surface area contributed by atoms with Gasteiger partial charge in [0.05, 0.1) is 6.04 Å². The van der Waals surface area contributed by atoms with E-state index < -0.39 is 11.5 Å². The van der Waals surface area contributed by atoms with Gasteiger partial charge in [0.25, 0.3) is 0 Å². The third-order valence-corrected chi connectivity index (χ3v) is 6.61. The number of carbonyl (C=O) groups is 2. The Morgan fingerprint density at radius 2 is 1.57 bits per heavy atom. The predicted molar refractivity (Wildman–Crippen MR) is 118 cm³/mol. The fraction of sp³-hybridized carbons (Fsp3) is 0.167. The van der Waals surface area contributed by atoms with Gasteiger partial charge < -0.3 is 10.6 Å². The number of carbonyl (C=O) groups excluding carboxylic acids is 2. The molecule has 1 spiro atoms. The number of hydrogen-bond acceptors (Lipinski definition) is 2. The van der Waals surface area contributed by atoms with Gasteiger partial charge in [0.2, 0.25) is 11.8 Å². The van der Waals surface area contributed by atoms with Crippen LogP contribution in [0, 0.1) is 0 Å². The first-order chi connectivity index (χ1) is 14.5. The molecule has 3 unspecified atom stereocenters. The van der Waals surface area contributed by atoms with Crippen molar-refractivity contribution in [1.29, 1.82) is 0 Å². The highest BCUT2D eigenvalue weighted by atomic mass is 35.5. The van der Waals surface area contributed by atoms with Gasteiger partial charge >= 0.3 is 0 Å². The minimum absolute atomic E-state index is 0.102. The summed E-state index contributed by atoms with van der Waals surface area (Å²) in [6, 6.07) is 21.9. The molecular weight excluding hydrogens is 419 g/mol. The fourth-order valence-corrected chi connectivity index (χ4v) is 5.31. The third-order valence-electron chi connectivity index (χ3n) is 6.13. The molecule has 2 aliphatic heterocycles. The molecule has 0 aliphatic carbocycles. The first kappa shape index (κ1) is 19.2. The number of fused-ring (bicyclic) bond motifs is 2. The number of rotatable bonds is 2. The maximum atomic E-state index is 13.7. The Labute approximate surface area is 184 Å². The number of hydrogen-bond donors (Lipinski definition) is 2. The zero-order valence-electron chi connectivity index (χ0n) is 15.9. The Morgan fingerprint density at radius 1 is 0.833 bits per heavy atom. The zero-order chi connectivity index (χ0) is 20.9. The summed E-state index contributed by atoms with van der Waals surface area (Å²) < 4.78 is 0.